The summed E-state index contributed by atoms with van der Waals surface area (Å²) in [6.45, 7) is 0.104. The SMILES string of the molecule is NNc1nnc(CN(CC(N)=O)CC(N)=O)s1. The molecule has 1 aromatic rings. The Morgan fingerprint density at radius 1 is 1.24 bits per heavy atom. The summed E-state index contributed by atoms with van der Waals surface area (Å²) >= 11 is 1.21. The number of amides is 2. The van der Waals surface area contributed by atoms with Gasteiger partial charge in [-0.3, -0.25) is 19.9 Å². The largest absolute Gasteiger partial charge is 0.369 e. The van der Waals surface area contributed by atoms with Crippen LogP contribution in [0, 0.1) is 0 Å². The fourth-order valence-electron chi connectivity index (χ4n) is 1.18. The molecule has 0 fully saturated rings. The summed E-state index contributed by atoms with van der Waals surface area (Å²) < 4.78 is 0. The number of hydrogen-bond donors (Lipinski definition) is 4. The number of nitrogens with zero attached hydrogens (tertiary/aromatic N) is 3. The van der Waals surface area contributed by atoms with Crippen molar-refractivity contribution < 1.29 is 9.59 Å². The van der Waals surface area contributed by atoms with Gasteiger partial charge < -0.3 is 11.5 Å². The fourth-order valence-corrected chi connectivity index (χ4v) is 1.87. The third-order valence-corrected chi connectivity index (χ3v) is 2.55. The zero-order valence-electron chi connectivity index (χ0n) is 8.92. The van der Waals surface area contributed by atoms with Gasteiger partial charge in [0.25, 0.3) is 0 Å². The number of hydrogen-bond acceptors (Lipinski definition) is 8. The lowest BCUT2D eigenvalue weighted by molar-refractivity contribution is -0.122. The second-order valence-electron chi connectivity index (χ2n) is 3.22. The van der Waals surface area contributed by atoms with Crippen LogP contribution in [0.2, 0.25) is 0 Å². The first-order chi connectivity index (χ1) is 8.01. The molecular weight excluding hydrogens is 246 g/mol. The van der Waals surface area contributed by atoms with E-state index in [2.05, 4.69) is 15.6 Å². The highest BCUT2D eigenvalue weighted by molar-refractivity contribution is 7.15. The average molecular weight is 259 g/mol. The second kappa shape index (κ2) is 6.08. The number of rotatable bonds is 7. The predicted molar refractivity (Wildman–Crippen MR) is 61.4 cm³/mol. The molecule has 0 aliphatic heterocycles. The molecule has 7 N–H and O–H groups in total. The highest BCUT2D eigenvalue weighted by Crippen LogP contribution is 2.15. The molecule has 0 aromatic carbocycles. The summed E-state index contributed by atoms with van der Waals surface area (Å²) in [5.41, 5.74) is 12.5. The Kier molecular flexibility index (Phi) is 4.75. The molecule has 0 aliphatic carbocycles. The van der Waals surface area contributed by atoms with E-state index in [1.54, 1.807) is 0 Å². The van der Waals surface area contributed by atoms with E-state index in [1.807, 2.05) is 0 Å². The molecule has 9 nitrogen and oxygen atoms in total. The molecule has 94 valence electrons. The van der Waals surface area contributed by atoms with E-state index in [4.69, 9.17) is 17.3 Å². The number of nitrogens with two attached hydrogens (primary N) is 3. The average Bonchev–Trinajstić information content (AvgIpc) is 2.63. The molecule has 0 aliphatic rings. The molecule has 0 saturated heterocycles. The Hall–Kier alpha value is -1.78. The van der Waals surface area contributed by atoms with Crippen LogP contribution in [0.1, 0.15) is 5.01 Å². The maximum Gasteiger partial charge on any atom is 0.231 e. The van der Waals surface area contributed by atoms with E-state index in [0.717, 1.165) is 0 Å². The van der Waals surface area contributed by atoms with Gasteiger partial charge in [0.2, 0.25) is 16.9 Å². The van der Waals surface area contributed by atoms with E-state index >= 15 is 0 Å². The molecular formula is C7H13N7O2S. The minimum absolute atomic E-state index is 0.0755. The van der Waals surface area contributed by atoms with Gasteiger partial charge in [0.1, 0.15) is 5.01 Å². The minimum atomic E-state index is -0.548. The van der Waals surface area contributed by atoms with Gasteiger partial charge in [-0.2, -0.15) is 0 Å². The molecule has 1 aromatic heterocycles. The number of primary amides is 2. The Labute approximate surface area is 101 Å². The van der Waals surface area contributed by atoms with Gasteiger partial charge in [-0.05, 0) is 0 Å². The van der Waals surface area contributed by atoms with Crippen LogP contribution in [0.25, 0.3) is 0 Å². The maximum absolute atomic E-state index is 10.8. The van der Waals surface area contributed by atoms with Crippen molar-refractivity contribution in [2.45, 2.75) is 6.54 Å². The van der Waals surface area contributed by atoms with Crippen molar-refractivity contribution in [3.63, 3.8) is 0 Å². The van der Waals surface area contributed by atoms with E-state index in [1.165, 1.54) is 16.2 Å². The summed E-state index contributed by atoms with van der Waals surface area (Å²) in [5.74, 6) is 4.06. The highest BCUT2D eigenvalue weighted by Gasteiger charge is 2.14. The van der Waals surface area contributed by atoms with Gasteiger partial charge in [-0.25, -0.2) is 5.84 Å². The van der Waals surface area contributed by atoms with Crippen molar-refractivity contribution in [1.29, 1.82) is 0 Å². The number of carbonyl (C=O) groups excluding carboxylic acids is 2. The van der Waals surface area contributed by atoms with Crippen LogP contribution in [0.15, 0.2) is 0 Å². The summed E-state index contributed by atoms with van der Waals surface area (Å²) in [6, 6.07) is 0. The van der Waals surface area contributed by atoms with Crippen molar-refractivity contribution in [3.05, 3.63) is 5.01 Å². The number of carbonyl (C=O) groups is 2. The third-order valence-electron chi connectivity index (χ3n) is 1.71. The molecule has 0 saturated carbocycles. The lowest BCUT2D eigenvalue weighted by atomic mass is 10.4. The van der Waals surface area contributed by atoms with Crippen LogP contribution < -0.4 is 22.7 Å². The number of nitrogens with one attached hydrogen (secondary N) is 1. The van der Waals surface area contributed by atoms with Gasteiger partial charge in [-0.1, -0.05) is 11.3 Å². The van der Waals surface area contributed by atoms with Crippen LogP contribution in [-0.4, -0.2) is 40.0 Å². The molecule has 0 bridgehead atoms. The zero-order chi connectivity index (χ0) is 12.8. The normalized spacial score (nSPS) is 10.5. The Bertz CT molecular complexity index is 391. The quantitative estimate of drug-likeness (QED) is 0.314. The lowest BCUT2D eigenvalue weighted by Crippen LogP contribution is -2.39. The molecule has 10 heteroatoms. The van der Waals surface area contributed by atoms with Crippen LogP contribution >= 0.6 is 11.3 Å². The first-order valence-corrected chi connectivity index (χ1v) is 5.41. The van der Waals surface area contributed by atoms with Crippen molar-refractivity contribution in [1.82, 2.24) is 15.1 Å². The van der Waals surface area contributed by atoms with Crippen molar-refractivity contribution in [2.75, 3.05) is 18.5 Å². The number of hydrazine groups is 1. The van der Waals surface area contributed by atoms with E-state index in [9.17, 15) is 9.59 Å². The van der Waals surface area contributed by atoms with Crippen molar-refractivity contribution in [2.24, 2.45) is 17.3 Å². The summed E-state index contributed by atoms with van der Waals surface area (Å²) in [4.78, 5) is 23.1. The first-order valence-electron chi connectivity index (χ1n) is 4.59. The van der Waals surface area contributed by atoms with E-state index in [-0.39, 0.29) is 19.6 Å². The molecule has 0 spiro atoms. The smallest absolute Gasteiger partial charge is 0.231 e. The maximum atomic E-state index is 10.8. The fraction of sp³-hybridized carbons (Fsp3) is 0.429. The zero-order valence-corrected chi connectivity index (χ0v) is 9.74. The van der Waals surface area contributed by atoms with Gasteiger partial charge in [0.05, 0.1) is 19.6 Å². The van der Waals surface area contributed by atoms with Gasteiger partial charge >= 0.3 is 0 Å². The highest BCUT2D eigenvalue weighted by atomic mass is 32.1. The van der Waals surface area contributed by atoms with Gasteiger partial charge in [-0.15, -0.1) is 10.2 Å². The lowest BCUT2D eigenvalue weighted by Gasteiger charge is -2.16. The molecule has 0 atom stereocenters. The first kappa shape index (κ1) is 13.3. The van der Waals surface area contributed by atoms with E-state index in [0.29, 0.717) is 10.1 Å². The van der Waals surface area contributed by atoms with Crippen LogP contribution in [0.3, 0.4) is 0 Å². The van der Waals surface area contributed by atoms with Crippen molar-refractivity contribution in [3.8, 4) is 0 Å². The van der Waals surface area contributed by atoms with Crippen molar-refractivity contribution >= 4 is 28.3 Å². The molecule has 17 heavy (non-hydrogen) atoms. The number of nitrogen functional groups attached to an aromatic ring is 1. The summed E-state index contributed by atoms with van der Waals surface area (Å²) in [6.07, 6.45) is 0. The summed E-state index contributed by atoms with van der Waals surface area (Å²) in [5, 5.41) is 8.58. The minimum Gasteiger partial charge on any atom is -0.369 e. The summed E-state index contributed by atoms with van der Waals surface area (Å²) in [7, 11) is 0. The predicted octanol–water partition coefficient (Wildman–Crippen LogP) is -2.40. The second-order valence-corrected chi connectivity index (χ2v) is 4.29. The number of aromatic nitrogens is 2. The topological polar surface area (TPSA) is 153 Å². The van der Waals surface area contributed by atoms with Crippen LogP contribution in [-0.2, 0) is 16.1 Å². The Morgan fingerprint density at radius 3 is 2.24 bits per heavy atom. The van der Waals surface area contributed by atoms with Gasteiger partial charge in [0.15, 0.2) is 0 Å². The van der Waals surface area contributed by atoms with Crippen LogP contribution in [0.5, 0.6) is 0 Å². The molecule has 0 radical (unpaired) electrons. The molecule has 0 unspecified atom stereocenters. The van der Waals surface area contributed by atoms with E-state index < -0.39 is 11.8 Å². The Morgan fingerprint density at radius 2 is 1.82 bits per heavy atom. The molecule has 2 amide bonds. The van der Waals surface area contributed by atoms with Gasteiger partial charge in [0, 0.05) is 0 Å². The Balaban J connectivity index is 2.64. The monoisotopic (exact) mass is 259 g/mol. The molecule has 1 heterocycles. The molecule has 1 rings (SSSR count). The number of anilines is 1. The third kappa shape index (κ3) is 4.72. The van der Waals surface area contributed by atoms with Crippen LogP contribution in [0.4, 0.5) is 5.13 Å². The standard InChI is InChI=1S/C7H13N7O2S/c8-4(15)1-14(2-5(9)16)3-6-12-13-7(11-10)17-6/h1-3,10H2,(H2,8,15)(H2,9,16)(H,11,13).